The third-order valence-electron chi connectivity index (χ3n) is 4.07. The minimum Gasteiger partial charge on any atom is -0.362 e. The highest BCUT2D eigenvalue weighted by Crippen LogP contribution is 2.39. The van der Waals surface area contributed by atoms with Gasteiger partial charge in [-0.3, -0.25) is 4.79 Å². The summed E-state index contributed by atoms with van der Waals surface area (Å²) in [6.45, 7) is 0. The summed E-state index contributed by atoms with van der Waals surface area (Å²) in [5.41, 5.74) is 1.43. The first-order valence-corrected chi connectivity index (χ1v) is 8.47. The monoisotopic (exact) mass is 318 g/mol. The van der Waals surface area contributed by atoms with Crippen molar-refractivity contribution in [1.82, 2.24) is 14.9 Å². The number of aromatic nitrogens is 2. The average molecular weight is 318 g/mol. The summed E-state index contributed by atoms with van der Waals surface area (Å²) in [6.07, 6.45) is 5.03. The lowest BCUT2D eigenvalue weighted by Crippen LogP contribution is -2.25. The van der Waals surface area contributed by atoms with Crippen molar-refractivity contribution in [2.75, 3.05) is 33.1 Å². The number of carbonyl (C=O) groups is 1. The molecule has 0 saturated heterocycles. The number of aryl methyl sites for hydroxylation is 2. The second-order valence-electron chi connectivity index (χ2n) is 6.21. The van der Waals surface area contributed by atoms with Crippen LogP contribution in [-0.2, 0) is 24.1 Å². The molecule has 22 heavy (non-hydrogen) atoms. The zero-order valence-electron chi connectivity index (χ0n) is 13.6. The van der Waals surface area contributed by atoms with Crippen LogP contribution in [0.1, 0.15) is 29.1 Å². The van der Waals surface area contributed by atoms with Crippen molar-refractivity contribution in [3.8, 4) is 0 Å². The molecule has 2 aromatic heterocycles. The van der Waals surface area contributed by atoms with E-state index in [0.29, 0.717) is 5.82 Å². The minimum atomic E-state index is 0.0328. The number of hydrogen-bond acceptors (Lipinski definition) is 5. The third kappa shape index (κ3) is 2.67. The Morgan fingerprint density at radius 2 is 1.86 bits per heavy atom. The van der Waals surface area contributed by atoms with Gasteiger partial charge in [-0.1, -0.05) is 0 Å². The summed E-state index contributed by atoms with van der Waals surface area (Å²) in [5.74, 6) is 1.60. The van der Waals surface area contributed by atoms with Crippen LogP contribution in [0.2, 0.25) is 0 Å². The largest absolute Gasteiger partial charge is 0.362 e. The molecule has 0 fully saturated rings. The van der Waals surface area contributed by atoms with Gasteiger partial charge in [0.05, 0.1) is 11.8 Å². The van der Waals surface area contributed by atoms with E-state index < -0.39 is 0 Å². The van der Waals surface area contributed by atoms with Crippen molar-refractivity contribution in [2.45, 2.75) is 32.1 Å². The van der Waals surface area contributed by atoms with E-state index in [2.05, 4.69) is 9.97 Å². The van der Waals surface area contributed by atoms with Crippen molar-refractivity contribution in [3.05, 3.63) is 16.3 Å². The fourth-order valence-corrected chi connectivity index (χ4v) is 4.15. The van der Waals surface area contributed by atoms with Crippen LogP contribution in [0.15, 0.2) is 0 Å². The Hall–Kier alpha value is -1.69. The molecule has 0 N–H and O–H groups in total. The van der Waals surface area contributed by atoms with Gasteiger partial charge in [-0.05, 0) is 31.2 Å². The van der Waals surface area contributed by atoms with Gasteiger partial charge >= 0.3 is 0 Å². The molecule has 0 unspecified atom stereocenters. The summed E-state index contributed by atoms with van der Waals surface area (Å²) in [7, 11) is 7.54. The molecular weight excluding hydrogens is 296 g/mol. The number of anilines is 1. The van der Waals surface area contributed by atoms with Gasteiger partial charge in [0.15, 0.2) is 0 Å². The van der Waals surface area contributed by atoms with Crippen molar-refractivity contribution >= 4 is 33.3 Å². The second-order valence-corrected chi connectivity index (χ2v) is 7.30. The summed E-state index contributed by atoms with van der Waals surface area (Å²) in [4.78, 5) is 27.4. The van der Waals surface area contributed by atoms with E-state index in [1.807, 2.05) is 19.0 Å². The van der Waals surface area contributed by atoms with Crippen molar-refractivity contribution in [3.63, 3.8) is 0 Å². The van der Waals surface area contributed by atoms with Crippen LogP contribution in [-0.4, -0.2) is 49.0 Å². The highest BCUT2D eigenvalue weighted by molar-refractivity contribution is 7.19. The predicted octanol–water partition coefficient (Wildman–Crippen LogP) is 2.27. The predicted molar refractivity (Wildman–Crippen MR) is 90.8 cm³/mol. The van der Waals surface area contributed by atoms with Crippen LogP contribution in [0.3, 0.4) is 0 Å². The molecule has 0 atom stereocenters. The standard InChI is InChI=1S/C16H22N4OS/c1-19(2)13(21)9-12-17-15(20(3)4)14-10-7-5-6-8-11(10)22-16(14)18-12/h5-9H2,1-4H3. The highest BCUT2D eigenvalue weighted by Gasteiger charge is 2.22. The number of fused-ring (bicyclic) bond motifs is 3. The molecular formula is C16H22N4OS. The molecule has 0 radical (unpaired) electrons. The van der Waals surface area contributed by atoms with Gasteiger partial charge in [0, 0.05) is 33.1 Å². The molecule has 1 aliphatic carbocycles. The Morgan fingerprint density at radius 1 is 1.14 bits per heavy atom. The van der Waals surface area contributed by atoms with Crippen molar-refractivity contribution < 1.29 is 4.79 Å². The van der Waals surface area contributed by atoms with Gasteiger partial charge < -0.3 is 9.80 Å². The highest BCUT2D eigenvalue weighted by atomic mass is 32.1. The first-order valence-electron chi connectivity index (χ1n) is 7.66. The Balaban J connectivity index is 2.12. The number of carbonyl (C=O) groups excluding carboxylic acids is 1. The average Bonchev–Trinajstić information content (AvgIpc) is 2.84. The lowest BCUT2D eigenvalue weighted by Gasteiger charge is -2.17. The van der Waals surface area contributed by atoms with Crippen molar-refractivity contribution in [1.29, 1.82) is 0 Å². The third-order valence-corrected chi connectivity index (χ3v) is 5.26. The van der Waals surface area contributed by atoms with E-state index in [-0.39, 0.29) is 12.3 Å². The molecule has 0 bridgehead atoms. The lowest BCUT2D eigenvalue weighted by molar-refractivity contribution is -0.128. The van der Waals surface area contributed by atoms with E-state index in [0.717, 1.165) is 23.5 Å². The van der Waals surface area contributed by atoms with E-state index >= 15 is 0 Å². The number of thiophene rings is 1. The molecule has 0 saturated carbocycles. The minimum absolute atomic E-state index is 0.0328. The van der Waals surface area contributed by atoms with Gasteiger partial charge in [-0.2, -0.15) is 0 Å². The topological polar surface area (TPSA) is 49.3 Å². The van der Waals surface area contributed by atoms with Gasteiger partial charge in [0.2, 0.25) is 5.91 Å². The number of likely N-dealkylation sites (N-methyl/N-ethyl adjacent to an activating group) is 1. The first-order chi connectivity index (χ1) is 10.5. The molecule has 5 nitrogen and oxygen atoms in total. The molecule has 0 aromatic carbocycles. The molecule has 6 heteroatoms. The number of rotatable bonds is 3. The van der Waals surface area contributed by atoms with Crippen LogP contribution in [0.5, 0.6) is 0 Å². The van der Waals surface area contributed by atoms with Crippen LogP contribution in [0.25, 0.3) is 10.2 Å². The smallest absolute Gasteiger partial charge is 0.229 e. The van der Waals surface area contributed by atoms with E-state index in [1.54, 1.807) is 30.3 Å². The van der Waals surface area contributed by atoms with Crippen LogP contribution in [0.4, 0.5) is 5.82 Å². The Morgan fingerprint density at radius 3 is 2.55 bits per heavy atom. The normalized spacial score (nSPS) is 14.0. The molecule has 0 aliphatic heterocycles. The van der Waals surface area contributed by atoms with Crippen LogP contribution in [0, 0.1) is 0 Å². The summed E-state index contributed by atoms with van der Waals surface area (Å²) in [6, 6.07) is 0. The van der Waals surface area contributed by atoms with Crippen LogP contribution < -0.4 is 4.90 Å². The Bertz CT molecular complexity index is 720. The molecule has 0 spiro atoms. The van der Waals surface area contributed by atoms with Crippen LogP contribution >= 0.6 is 11.3 Å². The molecule has 2 aromatic rings. The van der Waals surface area contributed by atoms with Gasteiger partial charge in [0.25, 0.3) is 0 Å². The quantitative estimate of drug-likeness (QED) is 0.871. The maximum atomic E-state index is 12.0. The van der Waals surface area contributed by atoms with Gasteiger partial charge in [0.1, 0.15) is 16.5 Å². The van der Waals surface area contributed by atoms with E-state index in [1.165, 1.54) is 28.7 Å². The molecule has 3 rings (SSSR count). The Kier molecular flexibility index (Phi) is 4.04. The van der Waals surface area contributed by atoms with Gasteiger partial charge in [-0.25, -0.2) is 9.97 Å². The zero-order valence-corrected chi connectivity index (χ0v) is 14.5. The fraction of sp³-hybridized carbons (Fsp3) is 0.562. The van der Waals surface area contributed by atoms with Crippen molar-refractivity contribution in [2.24, 2.45) is 0 Å². The summed E-state index contributed by atoms with van der Waals surface area (Å²) >= 11 is 1.78. The SMILES string of the molecule is CN(C)C(=O)Cc1nc(N(C)C)c2c3c(sc2n1)CCCC3. The summed E-state index contributed by atoms with van der Waals surface area (Å²) in [5, 5.41) is 1.20. The number of nitrogens with zero attached hydrogens (tertiary/aromatic N) is 4. The fourth-order valence-electron chi connectivity index (χ4n) is 2.88. The molecule has 1 aliphatic rings. The van der Waals surface area contributed by atoms with E-state index in [9.17, 15) is 4.79 Å². The first kappa shape index (κ1) is 15.2. The molecule has 118 valence electrons. The maximum Gasteiger partial charge on any atom is 0.229 e. The lowest BCUT2D eigenvalue weighted by atomic mass is 9.97. The molecule has 2 heterocycles. The summed E-state index contributed by atoms with van der Waals surface area (Å²) < 4.78 is 0. The number of amides is 1. The maximum absolute atomic E-state index is 12.0. The Labute approximate surface area is 135 Å². The molecule has 1 amide bonds. The van der Waals surface area contributed by atoms with Gasteiger partial charge in [-0.15, -0.1) is 11.3 Å². The van der Waals surface area contributed by atoms with E-state index in [4.69, 9.17) is 0 Å². The zero-order chi connectivity index (χ0) is 15.9. The number of hydrogen-bond donors (Lipinski definition) is 0. The second kappa shape index (κ2) is 5.83.